The molecule has 2 aromatic heterocycles. The smallest absolute Gasteiger partial charge is 0.251 e. The van der Waals surface area contributed by atoms with E-state index in [9.17, 15) is 19.4 Å². The summed E-state index contributed by atoms with van der Waals surface area (Å²) in [5.41, 5.74) is 7.49. The molecule has 0 aliphatic rings. The summed E-state index contributed by atoms with van der Waals surface area (Å²) < 4.78 is 19.3. The maximum absolute atomic E-state index is 14.0. The van der Waals surface area contributed by atoms with Crippen LogP contribution >= 0.6 is 0 Å². The summed E-state index contributed by atoms with van der Waals surface area (Å²) in [5.74, 6) is -1.05. The normalized spacial score (nSPS) is 11.0. The fourth-order valence-electron chi connectivity index (χ4n) is 3.86. The van der Waals surface area contributed by atoms with Gasteiger partial charge in [-0.1, -0.05) is 0 Å². The van der Waals surface area contributed by atoms with Crippen molar-refractivity contribution >= 4 is 22.8 Å². The highest BCUT2D eigenvalue weighted by molar-refractivity contribution is 6.00. The van der Waals surface area contributed by atoms with Crippen LogP contribution in [0.5, 0.6) is 11.5 Å². The van der Waals surface area contributed by atoms with E-state index in [-0.39, 0.29) is 52.0 Å². The minimum absolute atomic E-state index is 0.00408. The third-order valence-electron chi connectivity index (χ3n) is 5.67. The average Bonchev–Trinajstić information content (AvgIpc) is 3.53. The van der Waals surface area contributed by atoms with Crippen LogP contribution in [0, 0.1) is 11.2 Å². The number of nitrogens with one attached hydrogen (secondary N) is 3. The van der Waals surface area contributed by atoms with E-state index < -0.39 is 11.7 Å². The van der Waals surface area contributed by atoms with Gasteiger partial charge in [-0.15, -0.1) is 0 Å². The SMILES string of the molecule is N=C(N)c1ccc2nc(-c3cc(C(=O)NCc4ccco4)cc(-c4cc(F)ccc4O)c3O)[nH]c2c1. The summed E-state index contributed by atoms with van der Waals surface area (Å²) in [6.45, 7) is 0.126. The van der Waals surface area contributed by atoms with Crippen molar-refractivity contribution in [3.8, 4) is 34.0 Å². The Morgan fingerprint density at radius 2 is 1.86 bits per heavy atom. The van der Waals surface area contributed by atoms with Crippen LogP contribution in [0.2, 0.25) is 0 Å². The molecule has 0 saturated heterocycles. The summed E-state index contributed by atoms with van der Waals surface area (Å²) in [5, 5.41) is 31.9. The van der Waals surface area contributed by atoms with E-state index in [4.69, 9.17) is 15.6 Å². The number of benzene rings is 3. The number of hydrogen-bond donors (Lipinski definition) is 6. The molecule has 3 aromatic carbocycles. The topological polar surface area (TPSA) is 161 Å². The molecule has 0 saturated carbocycles. The fourth-order valence-corrected chi connectivity index (χ4v) is 3.86. The zero-order valence-corrected chi connectivity index (χ0v) is 18.7. The van der Waals surface area contributed by atoms with Gasteiger partial charge in [0.05, 0.1) is 29.4 Å². The number of carbonyl (C=O) groups is 1. The van der Waals surface area contributed by atoms with Crippen LogP contribution in [0.15, 0.2) is 71.3 Å². The van der Waals surface area contributed by atoms with E-state index in [0.29, 0.717) is 22.4 Å². The van der Waals surface area contributed by atoms with E-state index in [1.165, 1.54) is 18.4 Å². The number of nitrogens with two attached hydrogens (primary N) is 1. The van der Waals surface area contributed by atoms with Gasteiger partial charge in [0.2, 0.25) is 0 Å². The summed E-state index contributed by atoms with van der Waals surface area (Å²) in [4.78, 5) is 20.6. The van der Waals surface area contributed by atoms with Gasteiger partial charge in [-0.2, -0.15) is 0 Å². The van der Waals surface area contributed by atoms with Crippen molar-refractivity contribution in [1.29, 1.82) is 5.41 Å². The fraction of sp³-hybridized carbons (Fsp3) is 0.0385. The first-order chi connectivity index (χ1) is 17.3. The highest BCUT2D eigenvalue weighted by Gasteiger charge is 2.21. The van der Waals surface area contributed by atoms with Crippen LogP contribution in [0.3, 0.4) is 0 Å². The van der Waals surface area contributed by atoms with Crippen molar-refractivity contribution in [2.75, 3.05) is 0 Å². The Kier molecular flexibility index (Phi) is 5.61. The number of H-pyrrole nitrogens is 1. The summed E-state index contributed by atoms with van der Waals surface area (Å²) in [7, 11) is 0. The summed E-state index contributed by atoms with van der Waals surface area (Å²) >= 11 is 0. The predicted octanol–water partition coefficient (Wildman–Crippen LogP) is 4.25. The van der Waals surface area contributed by atoms with Crippen LogP contribution < -0.4 is 11.1 Å². The number of nitrogens with zero attached hydrogens (tertiary/aromatic N) is 1. The lowest BCUT2D eigenvalue weighted by Crippen LogP contribution is -2.22. The summed E-state index contributed by atoms with van der Waals surface area (Å²) in [6.07, 6.45) is 1.49. The number of halogens is 1. The second-order valence-electron chi connectivity index (χ2n) is 8.07. The zero-order valence-electron chi connectivity index (χ0n) is 18.7. The Bertz CT molecular complexity index is 1630. The van der Waals surface area contributed by atoms with Gasteiger partial charge in [-0.3, -0.25) is 10.2 Å². The number of carbonyl (C=O) groups excluding carboxylic acids is 1. The van der Waals surface area contributed by atoms with Gasteiger partial charge in [0, 0.05) is 22.3 Å². The number of phenolic OH excluding ortho intramolecular Hbond substituents is 2. The van der Waals surface area contributed by atoms with Crippen LogP contribution in [-0.2, 0) is 6.54 Å². The number of imidazole rings is 1. The second kappa shape index (κ2) is 8.91. The van der Waals surface area contributed by atoms with Crippen molar-refractivity contribution in [2.45, 2.75) is 6.54 Å². The lowest BCUT2D eigenvalue weighted by molar-refractivity contribution is 0.0948. The number of aromatic nitrogens is 2. The standard InChI is InChI=1S/C26H20FN5O4/c27-15-4-6-22(33)17(11-15)18-8-14(26(35)30-12-16-2-1-7-36-16)9-19(23(18)34)25-31-20-5-3-13(24(28)29)10-21(20)32-25/h1-11,33-34H,12H2,(H3,28,29)(H,30,35)(H,31,32). The molecule has 10 heteroatoms. The van der Waals surface area contributed by atoms with Crippen LogP contribution in [0.4, 0.5) is 4.39 Å². The Labute approximate surface area is 203 Å². The minimum Gasteiger partial charge on any atom is -0.507 e. The molecular weight excluding hydrogens is 465 g/mol. The number of amides is 1. The largest absolute Gasteiger partial charge is 0.507 e. The number of amidine groups is 1. The molecule has 9 nitrogen and oxygen atoms in total. The highest BCUT2D eigenvalue weighted by atomic mass is 19.1. The van der Waals surface area contributed by atoms with Gasteiger partial charge in [0.1, 0.15) is 34.7 Å². The van der Waals surface area contributed by atoms with Crippen LogP contribution in [0.1, 0.15) is 21.7 Å². The molecule has 7 N–H and O–H groups in total. The lowest BCUT2D eigenvalue weighted by Gasteiger charge is -2.13. The maximum atomic E-state index is 14.0. The lowest BCUT2D eigenvalue weighted by atomic mass is 9.96. The molecule has 0 fully saturated rings. The number of nitrogen functional groups attached to an aromatic ring is 1. The molecule has 2 heterocycles. The quantitative estimate of drug-likeness (QED) is 0.156. The van der Waals surface area contributed by atoms with Crippen LogP contribution in [-0.4, -0.2) is 31.9 Å². The zero-order chi connectivity index (χ0) is 25.4. The van der Waals surface area contributed by atoms with E-state index in [2.05, 4.69) is 15.3 Å². The molecule has 0 atom stereocenters. The molecule has 0 unspecified atom stereocenters. The molecule has 0 bridgehead atoms. The van der Waals surface area contributed by atoms with Gasteiger partial charge in [-0.05, 0) is 60.7 Å². The Balaban J connectivity index is 1.65. The monoisotopic (exact) mass is 485 g/mol. The molecule has 0 aliphatic carbocycles. The van der Waals surface area contributed by atoms with E-state index in [0.717, 1.165) is 18.2 Å². The third kappa shape index (κ3) is 4.23. The number of rotatable bonds is 6. The predicted molar refractivity (Wildman–Crippen MR) is 131 cm³/mol. The van der Waals surface area contributed by atoms with Gasteiger partial charge in [-0.25, -0.2) is 9.37 Å². The first-order valence-corrected chi connectivity index (χ1v) is 10.8. The molecule has 180 valence electrons. The van der Waals surface area contributed by atoms with Crippen molar-refractivity contribution in [3.63, 3.8) is 0 Å². The molecule has 0 spiro atoms. The molecule has 0 aliphatic heterocycles. The van der Waals surface area contributed by atoms with Gasteiger partial charge < -0.3 is 30.7 Å². The Morgan fingerprint density at radius 3 is 2.61 bits per heavy atom. The average molecular weight is 485 g/mol. The maximum Gasteiger partial charge on any atom is 0.251 e. The van der Waals surface area contributed by atoms with Crippen LogP contribution in [0.25, 0.3) is 33.5 Å². The summed E-state index contributed by atoms with van der Waals surface area (Å²) in [6, 6.07) is 14.5. The number of aromatic amines is 1. The molecule has 5 rings (SSSR count). The van der Waals surface area contributed by atoms with Gasteiger partial charge in [0.25, 0.3) is 5.91 Å². The second-order valence-corrected chi connectivity index (χ2v) is 8.07. The molecule has 0 radical (unpaired) electrons. The van der Waals surface area contributed by atoms with Crippen molar-refractivity contribution in [3.05, 3.63) is 89.6 Å². The van der Waals surface area contributed by atoms with E-state index in [1.807, 2.05) is 0 Å². The number of phenols is 2. The molecule has 36 heavy (non-hydrogen) atoms. The van der Waals surface area contributed by atoms with E-state index in [1.54, 1.807) is 30.3 Å². The Hall–Kier alpha value is -5.12. The van der Waals surface area contributed by atoms with Crippen molar-refractivity contribution in [1.82, 2.24) is 15.3 Å². The number of aromatic hydroxyl groups is 2. The Morgan fingerprint density at radius 1 is 1.06 bits per heavy atom. The molecular formula is C26H20FN5O4. The number of fused-ring (bicyclic) bond motifs is 1. The first-order valence-electron chi connectivity index (χ1n) is 10.8. The van der Waals surface area contributed by atoms with Crippen molar-refractivity contribution < 1.29 is 23.8 Å². The van der Waals surface area contributed by atoms with E-state index >= 15 is 0 Å². The molecule has 1 amide bonds. The third-order valence-corrected chi connectivity index (χ3v) is 5.67. The first kappa shape index (κ1) is 22.7. The van der Waals surface area contributed by atoms with Gasteiger partial charge in [0.15, 0.2) is 0 Å². The molecule has 5 aromatic rings. The van der Waals surface area contributed by atoms with Crippen molar-refractivity contribution in [2.24, 2.45) is 5.73 Å². The number of furan rings is 1. The number of hydrogen-bond acceptors (Lipinski definition) is 6. The highest BCUT2D eigenvalue weighted by Crippen LogP contribution is 2.42. The van der Waals surface area contributed by atoms with Gasteiger partial charge >= 0.3 is 0 Å². The minimum atomic E-state index is -0.628.